The number of benzene rings is 2. The summed E-state index contributed by atoms with van der Waals surface area (Å²) in [5.74, 6) is 1.40. The number of hydrogen-bond acceptors (Lipinski definition) is 6. The minimum absolute atomic E-state index is 0.292. The Hall–Kier alpha value is -2.97. The van der Waals surface area contributed by atoms with Crippen molar-refractivity contribution in [3.8, 4) is 5.75 Å². The van der Waals surface area contributed by atoms with Crippen molar-refractivity contribution in [3.05, 3.63) is 82.4 Å². The molecule has 0 spiro atoms. The van der Waals surface area contributed by atoms with Crippen LogP contribution in [0.2, 0.25) is 0 Å². The van der Waals surface area contributed by atoms with E-state index in [1.165, 1.54) is 23.9 Å². The van der Waals surface area contributed by atoms with Crippen LogP contribution in [0, 0.1) is 19.7 Å². The molecule has 1 unspecified atom stereocenters. The third-order valence-corrected chi connectivity index (χ3v) is 5.89. The fraction of sp³-hybridized carbons (Fsp3) is 0.227. The summed E-state index contributed by atoms with van der Waals surface area (Å²) in [7, 11) is 0. The van der Waals surface area contributed by atoms with Crippen LogP contribution >= 0.6 is 11.8 Å². The Labute approximate surface area is 177 Å². The van der Waals surface area contributed by atoms with Gasteiger partial charge in [0.25, 0.3) is 5.78 Å². The van der Waals surface area contributed by atoms with Crippen LogP contribution in [0.25, 0.3) is 5.78 Å². The predicted octanol–water partition coefficient (Wildman–Crippen LogP) is 4.78. The Kier molecular flexibility index (Phi) is 4.88. The Bertz CT molecular complexity index is 1230. The number of halogens is 1. The molecule has 152 valence electrons. The summed E-state index contributed by atoms with van der Waals surface area (Å²) in [5, 5.41) is 9.14. The lowest BCUT2D eigenvalue weighted by Gasteiger charge is -2.28. The molecule has 6 nitrogen and oxygen atoms in total. The van der Waals surface area contributed by atoms with Gasteiger partial charge >= 0.3 is 0 Å². The molecule has 4 aromatic rings. The zero-order valence-corrected chi connectivity index (χ0v) is 17.3. The average Bonchev–Trinajstić information content (AvgIpc) is 3.15. The van der Waals surface area contributed by atoms with Crippen LogP contribution < -0.4 is 4.74 Å². The highest BCUT2D eigenvalue weighted by atomic mass is 32.2. The largest absolute Gasteiger partial charge is 0.460 e. The Morgan fingerprint density at radius 3 is 2.80 bits per heavy atom. The van der Waals surface area contributed by atoms with Crippen molar-refractivity contribution in [2.45, 2.75) is 37.7 Å². The van der Waals surface area contributed by atoms with Crippen LogP contribution in [-0.2, 0) is 17.1 Å². The highest BCUT2D eigenvalue weighted by molar-refractivity contribution is 7.98. The van der Waals surface area contributed by atoms with E-state index in [1.54, 1.807) is 0 Å². The number of nitrogens with zero attached hydrogens (tertiary/aromatic N) is 4. The van der Waals surface area contributed by atoms with E-state index < -0.39 is 6.29 Å². The van der Waals surface area contributed by atoms with Gasteiger partial charge < -0.3 is 9.47 Å². The predicted molar refractivity (Wildman–Crippen MR) is 111 cm³/mol. The molecule has 0 bridgehead atoms. The number of aryl methyl sites for hydroxylation is 2. The zero-order valence-electron chi connectivity index (χ0n) is 16.5. The van der Waals surface area contributed by atoms with Gasteiger partial charge in [0.2, 0.25) is 6.29 Å². The standard InChI is InChI=1S/C22H19FN4O2S/c1-13-8-14(2)27-21(24-13)25-26-22(27)30-12-17-10-18(23)9-16-11-28-20(29-19(16)17)15-6-4-3-5-7-15/h3-10,20H,11-12H2,1-2H3. The van der Waals surface area contributed by atoms with Gasteiger partial charge in [0.1, 0.15) is 11.6 Å². The van der Waals surface area contributed by atoms with Crippen molar-refractivity contribution in [3.63, 3.8) is 0 Å². The second-order valence-electron chi connectivity index (χ2n) is 7.17. The molecule has 8 heteroatoms. The summed E-state index contributed by atoms with van der Waals surface area (Å²) < 4.78 is 28.1. The molecule has 2 aromatic carbocycles. The van der Waals surface area contributed by atoms with Crippen LogP contribution in [-0.4, -0.2) is 19.6 Å². The number of hydrogen-bond donors (Lipinski definition) is 0. The number of rotatable bonds is 4. The van der Waals surface area contributed by atoms with Gasteiger partial charge in [-0.1, -0.05) is 42.1 Å². The maximum Gasteiger partial charge on any atom is 0.256 e. The first kappa shape index (κ1) is 19.0. The minimum atomic E-state index is -0.517. The molecule has 3 heterocycles. The summed E-state index contributed by atoms with van der Waals surface area (Å²) in [6.45, 7) is 4.21. The van der Waals surface area contributed by atoms with Crippen LogP contribution in [0.4, 0.5) is 4.39 Å². The molecule has 5 rings (SSSR count). The van der Waals surface area contributed by atoms with E-state index in [0.29, 0.717) is 34.6 Å². The molecule has 30 heavy (non-hydrogen) atoms. The number of fused-ring (bicyclic) bond motifs is 2. The highest BCUT2D eigenvalue weighted by Crippen LogP contribution is 2.38. The SMILES string of the molecule is Cc1cc(C)n2c(SCc3cc(F)cc4c3OC(c3ccccc3)OC4)nnc2n1. The van der Waals surface area contributed by atoms with Gasteiger partial charge in [-0.3, -0.25) is 4.40 Å². The zero-order chi connectivity index (χ0) is 20.7. The molecule has 1 aliphatic heterocycles. The fourth-order valence-corrected chi connectivity index (χ4v) is 4.55. The average molecular weight is 422 g/mol. The van der Waals surface area contributed by atoms with Crippen molar-refractivity contribution in [1.29, 1.82) is 0 Å². The van der Waals surface area contributed by atoms with Gasteiger partial charge in [0.05, 0.1) is 6.61 Å². The highest BCUT2D eigenvalue weighted by Gasteiger charge is 2.25. The van der Waals surface area contributed by atoms with Crippen molar-refractivity contribution >= 4 is 17.5 Å². The molecular weight excluding hydrogens is 403 g/mol. The van der Waals surface area contributed by atoms with Gasteiger partial charge in [-0.15, -0.1) is 10.2 Å². The van der Waals surface area contributed by atoms with Crippen molar-refractivity contribution in [2.75, 3.05) is 0 Å². The van der Waals surface area contributed by atoms with E-state index in [2.05, 4.69) is 15.2 Å². The molecule has 2 aromatic heterocycles. The molecule has 0 radical (unpaired) electrons. The summed E-state index contributed by atoms with van der Waals surface area (Å²) in [4.78, 5) is 4.41. The fourth-order valence-electron chi connectivity index (χ4n) is 3.59. The smallest absolute Gasteiger partial charge is 0.256 e. The Balaban J connectivity index is 1.44. The Morgan fingerprint density at radius 2 is 1.97 bits per heavy atom. The van der Waals surface area contributed by atoms with E-state index >= 15 is 0 Å². The molecule has 0 fully saturated rings. The normalized spacial score (nSPS) is 15.8. The topological polar surface area (TPSA) is 61.5 Å². The summed E-state index contributed by atoms with van der Waals surface area (Å²) in [6.07, 6.45) is -0.517. The van der Waals surface area contributed by atoms with Gasteiger partial charge in [-0.05, 0) is 32.0 Å². The lowest BCUT2D eigenvalue weighted by atomic mass is 10.1. The summed E-state index contributed by atoms with van der Waals surface area (Å²) in [6, 6.07) is 14.7. The van der Waals surface area contributed by atoms with Crippen molar-refractivity contribution in [1.82, 2.24) is 19.6 Å². The molecule has 0 N–H and O–H groups in total. The first-order valence-electron chi connectivity index (χ1n) is 9.55. The van der Waals surface area contributed by atoms with Crippen LogP contribution in [0.15, 0.2) is 53.7 Å². The van der Waals surface area contributed by atoms with Gasteiger partial charge in [-0.2, -0.15) is 0 Å². The van der Waals surface area contributed by atoms with Gasteiger partial charge in [0, 0.05) is 33.8 Å². The van der Waals surface area contributed by atoms with Gasteiger partial charge in [0.15, 0.2) is 5.16 Å². The van der Waals surface area contributed by atoms with E-state index in [-0.39, 0.29) is 5.82 Å². The number of ether oxygens (including phenoxy) is 2. The maximum atomic E-state index is 14.2. The minimum Gasteiger partial charge on any atom is -0.460 e. The van der Waals surface area contributed by atoms with Crippen molar-refractivity contribution in [2.24, 2.45) is 0 Å². The monoisotopic (exact) mass is 422 g/mol. The maximum absolute atomic E-state index is 14.2. The lowest BCUT2D eigenvalue weighted by Crippen LogP contribution is -2.19. The molecule has 0 saturated heterocycles. The summed E-state index contributed by atoms with van der Waals surface area (Å²) >= 11 is 1.47. The first-order valence-corrected chi connectivity index (χ1v) is 10.5. The number of aromatic nitrogens is 4. The molecule has 0 aliphatic carbocycles. The molecule has 1 aliphatic rings. The van der Waals surface area contributed by atoms with Gasteiger partial charge in [-0.25, -0.2) is 9.37 Å². The van der Waals surface area contributed by atoms with E-state index in [1.807, 2.05) is 54.6 Å². The van der Waals surface area contributed by atoms with Crippen LogP contribution in [0.5, 0.6) is 5.75 Å². The third-order valence-electron chi connectivity index (χ3n) is 4.91. The summed E-state index contributed by atoms with van der Waals surface area (Å²) in [5.41, 5.74) is 4.28. The molecule has 0 saturated carbocycles. The lowest BCUT2D eigenvalue weighted by molar-refractivity contribution is -0.112. The van der Waals surface area contributed by atoms with E-state index in [0.717, 1.165) is 22.5 Å². The quantitative estimate of drug-likeness (QED) is 0.441. The second-order valence-corrected chi connectivity index (χ2v) is 8.11. The third kappa shape index (κ3) is 3.53. The van der Waals surface area contributed by atoms with E-state index in [9.17, 15) is 4.39 Å². The molecular formula is C22H19FN4O2S. The van der Waals surface area contributed by atoms with Crippen LogP contribution in [0.1, 0.15) is 34.4 Å². The number of thioether (sulfide) groups is 1. The Morgan fingerprint density at radius 1 is 1.13 bits per heavy atom. The van der Waals surface area contributed by atoms with Crippen LogP contribution in [0.3, 0.4) is 0 Å². The van der Waals surface area contributed by atoms with Crippen molar-refractivity contribution < 1.29 is 13.9 Å². The molecule has 1 atom stereocenters. The van der Waals surface area contributed by atoms with E-state index in [4.69, 9.17) is 9.47 Å². The molecule has 0 amide bonds. The first-order chi connectivity index (χ1) is 14.6. The second kappa shape index (κ2) is 7.70.